The van der Waals surface area contributed by atoms with Crippen LogP contribution in [0.4, 0.5) is 0 Å². The number of nitrogens with one attached hydrogen (secondary N) is 1. The van der Waals surface area contributed by atoms with Crippen LogP contribution in [0.5, 0.6) is 0 Å². The van der Waals surface area contributed by atoms with Gasteiger partial charge in [-0.15, -0.1) is 0 Å². The summed E-state index contributed by atoms with van der Waals surface area (Å²) in [6.07, 6.45) is 1.09. The highest BCUT2D eigenvalue weighted by Crippen LogP contribution is 2.31. The molecule has 17 heavy (non-hydrogen) atoms. The van der Waals surface area contributed by atoms with E-state index in [0.29, 0.717) is 17.4 Å². The Bertz CT molecular complexity index is 535. The quantitative estimate of drug-likeness (QED) is 0.696. The number of carbonyl (C=O) groups excluding carboxylic acids is 1. The third kappa shape index (κ3) is 1.67. The molecule has 1 aromatic heterocycles. The van der Waals surface area contributed by atoms with Crippen LogP contribution in [0.2, 0.25) is 0 Å². The van der Waals surface area contributed by atoms with Crippen LogP contribution in [0.25, 0.3) is 0 Å². The molecule has 0 radical (unpaired) electrons. The van der Waals surface area contributed by atoms with Crippen LogP contribution >= 0.6 is 0 Å². The van der Waals surface area contributed by atoms with Gasteiger partial charge in [0, 0.05) is 36.3 Å². The van der Waals surface area contributed by atoms with Gasteiger partial charge in [0.05, 0.1) is 0 Å². The second-order valence-corrected chi connectivity index (χ2v) is 4.94. The highest BCUT2D eigenvalue weighted by atomic mass is 16.1. The van der Waals surface area contributed by atoms with Gasteiger partial charge < -0.3 is 15.6 Å². The summed E-state index contributed by atoms with van der Waals surface area (Å²) in [5.41, 5.74) is 6.42. The molecular weight excluding hydrogens is 218 g/mol. The Labute approximate surface area is 98.6 Å². The maximum atomic E-state index is 12.0. The number of piperidine rings is 1. The van der Waals surface area contributed by atoms with Crippen molar-refractivity contribution in [2.45, 2.75) is 18.9 Å². The smallest absolute Gasteiger partial charge is 0.251 e. The summed E-state index contributed by atoms with van der Waals surface area (Å²) in [5, 5.41) is 3.36. The molecule has 3 N–H and O–H groups in total. The monoisotopic (exact) mass is 233 g/mol. The van der Waals surface area contributed by atoms with E-state index < -0.39 is 5.91 Å². The van der Waals surface area contributed by atoms with Gasteiger partial charge in [-0.05, 0) is 24.9 Å². The standard InChI is InChI=1S/C12H15N3O2/c13-12(17)8-2-10-9-1-7(4-14-5-9)6-15(10)11(16)3-8/h2-3,7,9,14H,1,4-6H2,(H2,13,17)/t7?,9-/m0/s1. The van der Waals surface area contributed by atoms with E-state index in [1.807, 2.05) is 0 Å². The maximum Gasteiger partial charge on any atom is 0.251 e. The van der Waals surface area contributed by atoms with Crippen molar-refractivity contribution >= 4 is 5.91 Å². The van der Waals surface area contributed by atoms with E-state index in [2.05, 4.69) is 5.32 Å². The molecule has 90 valence electrons. The number of nitrogens with two attached hydrogens (primary N) is 1. The van der Waals surface area contributed by atoms with Crippen LogP contribution < -0.4 is 16.6 Å². The fourth-order valence-electron chi connectivity index (χ4n) is 2.95. The van der Waals surface area contributed by atoms with Crippen molar-refractivity contribution in [1.29, 1.82) is 0 Å². The van der Waals surface area contributed by atoms with Gasteiger partial charge in [-0.3, -0.25) is 9.59 Å². The zero-order valence-electron chi connectivity index (χ0n) is 9.48. The van der Waals surface area contributed by atoms with Crippen molar-refractivity contribution in [3.8, 4) is 0 Å². The minimum Gasteiger partial charge on any atom is -0.366 e. The Morgan fingerprint density at radius 1 is 1.41 bits per heavy atom. The molecule has 2 atom stereocenters. The van der Waals surface area contributed by atoms with Crippen LogP contribution in [-0.4, -0.2) is 23.6 Å². The molecule has 3 rings (SSSR count). The van der Waals surface area contributed by atoms with Crippen LogP contribution in [0.3, 0.4) is 0 Å². The number of primary amides is 1. The number of pyridine rings is 1. The van der Waals surface area contributed by atoms with Gasteiger partial charge in [0.25, 0.3) is 5.56 Å². The Morgan fingerprint density at radius 2 is 2.24 bits per heavy atom. The third-order valence-corrected chi connectivity index (χ3v) is 3.75. The Balaban J connectivity index is 2.15. The summed E-state index contributed by atoms with van der Waals surface area (Å²) in [5.74, 6) is 0.323. The number of fused-ring (bicyclic) bond motifs is 4. The van der Waals surface area contributed by atoms with Crippen molar-refractivity contribution in [1.82, 2.24) is 9.88 Å². The Hall–Kier alpha value is -1.62. The zero-order chi connectivity index (χ0) is 12.0. The van der Waals surface area contributed by atoms with Gasteiger partial charge in [0.15, 0.2) is 0 Å². The topological polar surface area (TPSA) is 77.1 Å². The Kier molecular flexibility index (Phi) is 2.29. The van der Waals surface area contributed by atoms with Crippen LogP contribution in [0.15, 0.2) is 16.9 Å². The number of carbonyl (C=O) groups is 1. The van der Waals surface area contributed by atoms with Crippen molar-refractivity contribution in [2.75, 3.05) is 13.1 Å². The Morgan fingerprint density at radius 3 is 3.00 bits per heavy atom. The molecule has 3 heterocycles. The van der Waals surface area contributed by atoms with E-state index in [1.54, 1.807) is 10.6 Å². The first kappa shape index (κ1) is 10.5. The van der Waals surface area contributed by atoms with Crippen molar-refractivity contribution in [3.63, 3.8) is 0 Å². The van der Waals surface area contributed by atoms with Gasteiger partial charge in [-0.2, -0.15) is 0 Å². The van der Waals surface area contributed by atoms with E-state index in [-0.39, 0.29) is 5.56 Å². The molecule has 5 nitrogen and oxygen atoms in total. The first-order valence-corrected chi connectivity index (χ1v) is 5.90. The van der Waals surface area contributed by atoms with Crippen LogP contribution in [-0.2, 0) is 6.54 Å². The molecule has 0 aliphatic carbocycles. The molecule has 1 saturated heterocycles. The molecule has 5 heteroatoms. The lowest BCUT2D eigenvalue weighted by atomic mass is 9.84. The largest absolute Gasteiger partial charge is 0.366 e. The predicted octanol–water partition coefficient (Wildman–Crippen LogP) is -0.346. The van der Waals surface area contributed by atoms with E-state index in [1.165, 1.54) is 6.07 Å². The average Bonchev–Trinajstić information content (AvgIpc) is 2.30. The fourth-order valence-corrected chi connectivity index (χ4v) is 2.95. The number of amides is 1. The summed E-state index contributed by atoms with van der Waals surface area (Å²) < 4.78 is 1.80. The summed E-state index contributed by atoms with van der Waals surface area (Å²) in [4.78, 5) is 23.1. The van der Waals surface area contributed by atoms with Gasteiger partial charge in [-0.1, -0.05) is 0 Å². The number of nitrogens with zero attached hydrogens (tertiary/aromatic N) is 1. The first-order chi connectivity index (χ1) is 8.15. The molecule has 0 saturated carbocycles. The van der Waals surface area contributed by atoms with Crippen molar-refractivity contribution in [2.24, 2.45) is 11.7 Å². The SMILES string of the molecule is NC(=O)c1cc2n(c(=O)c1)CC1CNC[C@@H]2C1. The average molecular weight is 233 g/mol. The minimum absolute atomic E-state index is 0.104. The highest BCUT2D eigenvalue weighted by molar-refractivity contribution is 5.92. The lowest BCUT2D eigenvalue weighted by Crippen LogP contribution is -2.45. The number of rotatable bonds is 1. The second-order valence-electron chi connectivity index (χ2n) is 4.94. The number of hydrogen-bond donors (Lipinski definition) is 2. The number of hydrogen-bond acceptors (Lipinski definition) is 3. The molecule has 2 aliphatic rings. The summed E-state index contributed by atoms with van der Waals surface area (Å²) >= 11 is 0. The summed E-state index contributed by atoms with van der Waals surface area (Å²) in [6, 6.07) is 3.12. The van der Waals surface area contributed by atoms with Crippen LogP contribution in [0.1, 0.15) is 28.4 Å². The molecule has 1 fully saturated rings. The third-order valence-electron chi connectivity index (χ3n) is 3.75. The van der Waals surface area contributed by atoms with Gasteiger partial charge in [0.2, 0.25) is 5.91 Å². The normalized spacial score (nSPS) is 26.4. The van der Waals surface area contributed by atoms with E-state index in [4.69, 9.17) is 5.73 Å². The highest BCUT2D eigenvalue weighted by Gasteiger charge is 2.31. The summed E-state index contributed by atoms with van der Waals surface area (Å²) in [6.45, 7) is 2.59. The molecule has 0 spiro atoms. The van der Waals surface area contributed by atoms with Crippen molar-refractivity contribution < 1.29 is 4.79 Å². The van der Waals surface area contributed by atoms with Gasteiger partial charge in [-0.25, -0.2) is 0 Å². The minimum atomic E-state index is -0.531. The van der Waals surface area contributed by atoms with E-state index in [0.717, 1.165) is 31.7 Å². The molecule has 0 aromatic carbocycles. The molecule has 1 amide bonds. The van der Waals surface area contributed by atoms with Crippen molar-refractivity contribution in [3.05, 3.63) is 33.7 Å². The molecule has 1 unspecified atom stereocenters. The molecule has 1 aromatic rings. The molecular formula is C12H15N3O2. The fraction of sp³-hybridized carbons (Fsp3) is 0.500. The first-order valence-electron chi connectivity index (χ1n) is 5.90. The predicted molar refractivity (Wildman–Crippen MR) is 62.9 cm³/mol. The zero-order valence-corrected chi connectivity index (χ0v) is 9.48. The summed E-state index contributed by atoms with van der Waals surface area (Å²) in [7, 11) is 0. The maximum absolute atomic E-state index is 12.0. The van der Waals surface area contributed by atoms with E-state index >= 15 is 0 Å². The van der Waals surface area contributed by atoms with Gasteiger partial charge in [0.1, 0.15) is 0 Å². The number of aromatic nitrogens is 1. The van der Waals surface area contributed by atoms with E-state index in [9.17, 15) is 9.59 Å². The van der Waals surface area contributed by atoms with Gasteiger partial charge >= 0.3 is 0 Å². The molecule has 2 bridgehead atoms. The van der Waals surface area contributed by atoms with Crippen LogP contribution in [0, 0.1) is 5.92 Å². The molecule has 2 aliphatic heterocycles. The second kappa shape index (κ2) is 3.70. The lowest BCUT2D eigenvalue weighted by molar-refractivity contribution is 0.0999. The lowest BCUT2D eigenvalue weighted by Gasteiger charge is -2.37.